The van der Waals surface area contributed by atoms with E-state index >= 15 is 0 Å². The second-order valence-corrected chi connectivity index (χ2v) is 4.96. The Morgan fingerprint density at radius 3 is 2.56 bits per heavy atom. The number of anilines is 2. The number of halogens is 2. The molecule has 1 aliphatic heterocycles. The Balaban J connectivity index is 2.18. The lowest BCUT2D eigenvalue weighted by molar-refractivity contribution is 0.151. The lowest BCUT2D eigenvalue weighted by Crippen LogP contribution is -2.34. The molecule has 0 spiro atoms. The number of nitrogens with zero attached hydrogens (tertiary/aromatic N) is 1. The Kier molecular flexibility index (Phi) is 4.04. The van der Waals surface area contributed by atoms with Crippen LogP contribution in [-0.4, -0.2) is 13.1 Å². The zero-order valence-corrected chi connectivity index (χ0v) is 10.7. The summed E-state index contributed by atoms with van der Waals surface area (Å²) in [5.41, 5.74) is 6.69. The second-order valence-electron chi connectivity index (χ2n) is 4.96. The number of piperidine rings is 1. The molecule has 1 aromatic rings. The van der Waals surface area contributed by atoms with Crippen molar-refractivity contribution in [2.75, 3.05) is 23.7 Å². The van der Waals surface area contributed by atoms with Crippen LogP contribution in [-0.2, 0) is 0 Å². The van der Waals surface area contributed by atoms with Gasteiger partial charge in [0.05, 0.1) is 0 Å². The SMILES string of the molecule is CCC1CCN(c2ccc(N)cc2C(F)F)CC1. The molecule has 0 unspecified atom stereocenters. The summed E-state index contributed by atoms with van der Waals surface area (Å²) in [6.07, 6.45) is 0.886. The topological polar surface area (TPSA) is 29.3 Å². The molecule has 100 valence electrons. The summed E-state index contributed by atoms with van der Waals surface area (Å²) in [6, 6.07) is 4.82. The van der Waals surface area contributed by atoms with E-state index in [-0.39, 0.29) is 5.56 Å². The van der Waals surface area contributed by atoms with Gasteiger partial charge >= 0.3 is 0 Å². The summed E-state index contributed by atoms with van der Waals surface area (Å²) in [4.78, 5) is 2.06. The molecule has 2 nitrogen and oxygen atoms in total. The monoisotopic (exact) mass is 254 g/mol. The Hall–Kier alpha value is -1.32. The first-order chi connectivity index (χ1) is 8.61. The fraction of sp³-hybridized carbons (Fsp3) is 0.571. The van der Waals surface area contributed by atoms with Crippen LogP contribution in [0.15, 0.2) is 18.2 Å². The Labute approximate surface area is 107 Å². The Morgan fingerprint density at radius 1 is 1.33 bits per heavy atom. The van der Waals surface area contributed by atoms with Crippen LogP contribution in [0.5, 0.6) is 0 Å². The molecule has 0 radical (unpaired) electrons. The lowest BCUT2D eigenvalue weighted by atomic mass is 9.93. The number of benzene rings is 1. The molecule has 2 N–H and O–H groups in total. The smallest absolute Gasteiger partial charge is 0.265 e. The quantitative estimate of drug-likeness (QED) is 0.830. The minimum atomic E-state index is -2.47. The molecule has 0 aromatic heterocycles. The van der Waals surface area contributed by atoms with Crippen LogP contribution in [0.3, 0.4) is 0 Å². The van der Waals surface area contributed by atoms with Crippen LogP contribution >= 0.6 is 0 Å². The molecule has 2 rings (SSSR count). The number of nitrogens with two attached hydrogens (primary N) is 1. The first kappa shape index (κ1) is 13.1. The molecule has 1 saturated heterocycles. The number of hydrogen-bond donors (Lipinski definition) is 1. The summed E-state index contributed by atoms with van der Waals surface area (Å²) < 4.78 is 26.0. The van der Waals surface area contributed by atoms with Gasteiger partial charge in [-0.2, -0.15) is 0 Å². The van der Waals surface area contributed by atoms with Crippen molar-refractivity contribution in [2.45, 2.75) is 32.6 Å². The van der Waals surface area contributed by atoms with E-state index < -0.39 is 6.43 Å². The number of nitrogen functional groups attached to an aromatic ring is 1. The zero-order valence-electron chi connectivity index (χ0n) is 10.7. The fourth-order valence-electron chi connectivity index (χ4n) is 2.62. The van der Waals surface area contributed by atoms with Gasteiger partial charge in [0.1, 0.15) is 0 Å². The van der Waals surface area contributed by atoms with Crippen molar-refractivity contribution in [3.8, 4) is 0 Å². The molecule has 0 amide bonds. The third-order valence-electron chi connectivity index (χ3n) is 3.82. The van der Waals surface area contributed by atoms with Crippen molar-refractivity contribution >= 4 is 11.4 Å². The summed E-state index contributed by atoms with van der Waals surface area (Å²) in [5.74, 6) is 0.741. The summed E-state index contributed by atoms with van der Waals surface area (Å²) in [6.45, 7) is 3.92. The normalized spacial score (nSPS) is 17.4. The summed E-state index contributed by atoms with van der Waals surface area (Å²) in [7, 11) is 0. The maximum Gasteiger partial charge on any atom is 0.265 e. The van der Waals surface area contributed by atoms with Gasteiger partial charge in [0, 0.05) is 30.0 Å². The molecule has 4 heteroatoms. The molecular weight excluding hydrogens is 234 g/mol. The summed E-state index contributed by atoms with van der Waals surface area (Å²) >= 11 is 0. The van der Waals surface area contributed by atoms with Crippen molar-refractivity contribution in [1.29, 1.82) is 0 Å². The van der Waals surface area contributed by atoms with E-state index in [4.69, 9.17) is 5.73 Å². The molecule has 0 bridgehead atoms. The number of rotatable bonds is 3. The van der Waals surface area contributed by atoms with Crippen molar-refractivity contribution in [3.63, 3.8) is 0 Å². The van der Waals surface area contributed by atoms with E-state index in [1.165, 1.54) is 12.5 Å². The first-order valence-corrected chi connectivity index (χ1v) is 6.54. The van der Waals surface area contributed by atoms with Gasteiger partial charge in [-0.05, 0) is 37.0 Å². The van der Waals surface area contributed by atoms with Crippen LogP contribution < -0.4 is 10.6 Å². The van der Waals surface area contributed by atoms with Crippen LogP contribution in [0.4, 0.5) is 20.2 Å². The molecule has 1 fully saturated rings. The van der Waals surface area contributed by atoms with Gasteiger partial charge in [-0.25, -0.2) is 8.78 Å². The minimum Gasteiger partial charge on any atom is -0.399 e. The number of alkyl halides is 2. The molecule has 0 saturated carbocycles. The van der Waals surface area contributed by atoms with E-state index in [0.717, 1.165) is 31.8 Å². The van der Waals surface area contributed by atoms with Crippen LogP contribution in [0.1, 0.15) is 38.2 Å². The van der Waals surface area contributed by atoms with Crippen LogP contribution in [0.2, 0.25) is 0 Å². The highest BCUT2D eigenvalue weighted by Crippen LogP contribution is 2.34. The Bertz CT molecular complexity index is 399. The molecule has 1 aliphatic rings. The molecule has 1 aromatic carbocycles. The maximum absolute atomic E-state index is 13.0. The first-order valence-electron chi connectivity index (χ1n) is 6.54. The molecule has 0 atom stereocenters. The standard InChI is InChI=1S/C14H20F2N2/c1-2-10-5-7-18(8-6-10)13-4-3-11(17)9-12(13)14(15)16/h3-4,9-10,14H,2,5-8,17H2,1H3. The highest BCUT2D eigenvalue weighted by molar-refractivity contribution is 5.60. The van der Waals surface area contributed by atoms with E-state index in [1.807, 2.05) is 0 Å². The van der Waals surface area contributed by atoms with Crippen LogP contribution in [0, 0.1) is 5.92 Å². The highest BCUT2D eigenvalue weighted by atomic mass is 19.3. The predicted octanol–water partition coefficient (Wildman–Crippen LogP) is 3.83. The molecule has 0 aliphatic carbocycles. The molecule has 1 heterocycles. The third kappa shape index (κ3) is 2.74. The average Bonchev–Trinajstić information content (AvgIpc) is 2.39. The highest BCUT2D eigenvalue weighted by Gasteiger charge is 2.22. The van der Waals surface area contributed by atoms with Gasteiger partial charge in [-0.3, -0.25) is 0 Å². The molecular formula is C14H20F2N2. The lowest BCUT2D eigenvalue weighted by Gasteiger charge is -2.34. The van der Waals surface area contributed by atoms with Crippen molar-refractivity contribution in [1.82, 2.24) is 0 Å². The van der Waals surface area contributed by atoms with Crippen LogP contribution in [0.25, 0.3) is 0 Å². The third-order valence-corrected chi connectivity index (χ3v) is 3.82. The predicted molar refractivity (Wildman–Crippen MR) is 71.0 cm³/mol. The van der Waals surface area contributed by atoms with Gasteiger partial charge < -0.3 is 10.6 Å². The fourth-order valence-corrected chi connectivity index (χ4v) is 2.62. The Morgan fingerprint density at radius 2 is 2.00 bits per heavy atom. The second kappa shape index (κ2) is 5.55. The van der Waals surface area contributed by atoms with E-state index in [1.54, 1.807) is 12.1 Å². The number of hydrogen-bond acceptors (Lipinski definition) is 2. The van der Waals surface area contributed by atoms with Gasteiger partial charge in [-0.1, -0.05) is 13.3 Å². The maximum atomic E-state index is 13.0. The van der Waals surface area contributed by atoms with Crippen molar-refractivity contribution in [3.05, 3.63) is 23.8 Å². The van der Waals surface area contributed by atoms with E-state index in [2.05, 4.69) is 11.8 Å². The molecule has 18 heavy (non-hydrogen) atoms. The van der Waals surface area contributed by atoms with Gasteiger partial charge in [0.2, 0.25) is 0 Å². The van der Waals surface area contributed by atoms with Gasteiger partial charge in [0.15, 0.2) is 0 Å². The zero-order chi connectivity index (χ0) is 13.1. The van der Waals surface area contributed by atoms with Gasteiger partial charge in [-0.15, -0.1) is 0 Å². The van der Waals surface area contributed by atoms with E-state index in [9.17, 15) is 8.78 Å². The largest absolute Gasteiger partial charge is 0.399 e. The average molecular weight is 254 g/mol. The van der Waals surface area contributed by atoms with Crippen molar-refractivity contribution < 1.29 is 8.78 Å². The van der Waals surface area contributed by atoms with Gasteiger partial charge in [0.25, 0.3) is 6.43 Å². The van der Waals surface area contributed by atoms with E-state index in [0.29, 0.717) is 11.4 Å². The van der Waals surface area contributed by atoms with Crippen molar-refractivity contribution in [2.24, 2.45) is 5.92 Å². The summed E-state index contributed by atoms with van der Waals surface area (Å²) in [5, 5.41) is 0. The minimum absolute atomic E-state index is 0.0601.